The van der Waals surface area contributed by atoms with Gasteiger partial charge in [0.25, 0.3) is 0 Å². The molecule has 0 saturated heterocycles. The molecule has 0 amide bonds. The number of nitrogens with one attached hydrogen (secondary N) is 1. The first kappa shape index (κ1) is 16.3. The number of benzene rings is 1. The number of aliphatic hydroxyl groups is 1. The highest BCUT2D eigenvalue weighted by molar-refractivity contribution is 5.97. The van der Waals surface area contributed by atoms with Gasteiger partial charge in [-0.25, -0.2) is 0 Å². The average Bonchev–Trinajstić information content (AvgIpc) is 2.50. The Kier molecular flexibility index (Phi) is 7.46. The fraction of sp³-hybridized carbons (Fsp3) is 0.500. The van der Waals surface area contributed by atoms with Gasteiger partial charge in [-0.3, -0.25) is 0 Å². The van der Waals surface area contributed by atoms with Gasteiger partial charge in [-0.05, 0) is 37.1 Å². The van der Waals surface area contributed by atoms with Crippen molar-refractivity contribution in [3.8, 4) is 5.75 Å². The lowest BCUT2D eigenvalue weighted by molar-refractivity contribution is 0.252. The van der Waals surface area contributed by atoms with Gasteiger partial charge in [0.2, 0.25) is 0 Å². The van der Waals surface area contributed by atoms with Gasteiger partial charge in [0, 0.05) is 24.8 Å². The number of rotatable bonds is 9. The Labute approximate surface area is 119 Å². The van der Waals surface area contributed by atoms with Crippen molar-refractivity contribution in [2.45, 2.75) is 25.8 Å². The van der Waals surface area contributed by atoms with Crippen molar-refractivity contribution in [1.29, 1.82) is 0 Å². The Hall–Kier alpha value is -1.79. The van der Waals surface area contributed by atoms with Gasteiger partial charge in [-0.2, -0.15) is 0 Å². The van der Waals surface area contributed by atoms with E-state index >= 15 is 0 Å². The molecule has 0 aliphatic rings. The molecule has 0 spiro atoms. The largest absolute Gasteiger partial charge is 0.492 e. The highest BCUT2D eigenvalue weighted by Crippen LogP contribution is 2.11. The van der Waals surface area contributed by atoms with Crippen LogP contribution in [-0.4, -0.2) is 41.9 Å². The predicted molar refractivity (Wildman–Crippen MR) is 78.2 cm³/mol. The number of oxime groups is 1. The second-order valence-corrected chi connectivity index (χ2v) is 4.43. The third-order valence-corrected chi connectivity index (χ3v) is 3.03. The van der Waals surface area contributed by atoms with Crippen LogP contribution in [0.3, 0.4) is 0 Å². The molecule has 1 aromatic rings. The fourth-order valence-corrected chi connectivity index (χ4v) is 1.82. The van der Waals surface area contributed by atoms with E-state index < -0.39 is 0 Å². The van der Waals surface area contributed by atoms with Gasteiger partial charge in [-0.1, -0.05) is 12.1 Å². The first-order valence-electron chi connectivity index (χ1n) is 6.76. The van der Waals surface area contributed by atoms with Crippen LogP contribution in [0.4, 0.5) is 0 Å². The van der Waals surface area contributed by atoms with Crippen molar-refractivity contribution in [2.24, 2.45) is 10.9 Å². The molecule has 112 valence electrons. The van der Waals surface area contributed by atoms with E-state index in [4.69, 9.17) is 20.8 Å². The molecule has 0 radical (unpaired) electrons. The molecule has 0 aromatic heterocycles. The first-order valence-corrected chi connectivity index (χ1v) is 6.76. The molecular weight excluding hydrogens is 258 g/mol. The number of nitrogens with zero attached hydrogens (tertiary/aromatic N) is 1. The van der Waals surface area contributed by atoms with E-state index in [1.807, 2.05) is 0 Å². The van der Waals surface area contributed by atoms with E-state index in [1.54, 1.807) is 24.3 Å². The molecule has 5 N–H and O–H groups in total. The highest BCUT2D eigenvalue weighted by Gasteiger charge is 2.04. The standard InChI is InChI=1S/C14H23N3O3/c1-2-12(7-9-18)16-8-10-20-13-5-3-11(4-6-13)14(15)17-19/h3-6,12,16,18-19H,2,7-10H2,1H3,(H2,15,17). The number of ether oxygens (including phenoxy) is 1. The van der Waals surface area contributed by atoms with Crippen LogP contribution in [0.25, 0.3) is 0 Å². The van der Waals surface area contributed by atoms with Gasteiger partial charge in [0.1, 0.15) is 12.4 Å². The zero-order chi connectivity index (χ0) is 14.8. The van der Waals surface area contributed by atoms with E-state index in [1.165, 1.54) is 0 Å². The van der Waals surface area contributed by atoms with Crippen molar-refractivity contribution in [3.63, 3.8) is 0 Å². The Morgan fingerprint density at radius 1 is 1.40 bits per heavy atom. The maximum atomic E-state index is 8.88. The molecule has 0 aliphatic heterocycles. The molecule has 0 saturated carbocycles. The summed E-state index contributed by atoms with van der Waals surface area (Å²) in [5.74, 6) is 0.810. The Balaban J connectivity index is 2.32. The normalized spacial score (nSPS) is 13.2. The number of hydrogen-bond acceptors (Lipinski definition) is 5. The van der Waals surface area contributed by atoms with Gasteiger partial charge in [-0.15, -0.1) is 0 Å². The molecule has 6 heteroatoms. The van der Waals surface area contributed by atoms with Crippen LogP contribution in [0, 0.1) is 0 Å². The summed E-state index contributed by atoms with van der Waals surface area (Å²) in [4.78, 5) is 0. The molecule has 1 rings (SSSR count). The minimum Gasteiger partial charge on any atom is -0.492 e. The summed E-state index contributed by atoms with van der Waals surface area (Å²) < 4.78 is 5.58. The SMILES string of the molecule is CCC(CCO)NCCOc1ccc(/C(N)=N/O)cc1. The third kappa shape index (κ3) is 5.46. The zero-order valence-electron chi connectivity index (χ0n) is 11.7. The van der Waals surface area contributed by atoms with Gasteiger partial charge >= 0.3 is 0 Å². The lowest BCUT2D eigenvalue weighted by atomic mass is 10.1. The quantitative estimate of drug-likeness (QED) is 0.177. The maximum Gasteiger partial charge on any atom is 0.170 e. The van der Waals surface area contributed by atoms with Crippen molar-refractivity contribution in [3.05, 3.63) is 29.8 Å². The topological polar surface area (TPSA) is 100 Å². The van der Waals surface area contributed by atoms with Gasteiger partial charge in [0.05, 0.1) is 0 Å². The lowest BCUT2D eigenvalue weighted by Crippen LogP contribution is -2.32. The Morgan fingerprint density at radius 2 is 2.10 bits per heavy atom. The molecule has 1 atom stereocenters. The number of amidine groups is 1. The van der Waals surface area contributed by atoms with Crippen molar-refractivity contribution >= 4 is 5.84 Å². The van der Waals surface area contributed by atoms with Crippen LogP contribution in [0.15, 0.2) is 29.4 Å². The summed E-state index contributed by atoms with van der Waals surface area (Å²) in [6.45, 7) is 3.55. The second kappa shape index (κ2) is 9.17. The van der Waals surface area contributed by atoms with E-state index in [9.17, 15) is 0 Å². The summed E-state index contributed by atoms with van der Waals surface area (Å²) >= 11 is 0. The summed E-state index contributed by atoms with van der Waals surface area (Å²) in [7, 11) is 0. The van der Waals surface area contributed by atoms with Crippen LogP contribution in [0.5, 0.6) is 5.75 Å². The van der Waals surface area contributed by atoms with Crippen molar-refractivity contribution < 1.29 is 15.1 Å². The van der Waals surface area contributed by atoms with Crippen LogP contribution >= 0.6 is 0 Å². The summed E-state index contributed by atoms with van der Waals surface area (Å²) in [6.07, 6.45) is 1.74. The molecule has 6 nitrogen and oxygen atoms in total. The zero-order valence-corrected chi connectivity index (χ0v) is 11.7. The number of aliphatic hydroxyl groups excluding tert-OH is 1. The first-order chi connectivity index (χ1) is 9.71. The lowest BCUT2D eigenvalue weighted by Gasteiger charge is -2.15. The smallest absolute Gasteiger partial charge is 0.170 e. The minimum absolute atomic E-state index is 0.0769. The number of hydrogen-bond donors (Lipinski definition) is 4. The monoisotopic (exact) mass is 281 g/mol. The van der Waals surface area contributed by atoms with E-state index in [-0.39, 0.29) is 12.4 Å². The van der Waals surface area contributed by atoms with E-state index in [0.29, 0.717) is 18.2 Å². The molecule has 0 heterocycles. The molecular formula is C14H23N3O3. The van der Waals surface area contributed by atoms with Gasteiger partial charge in [0.15, 0.2) is 5.84 Å². The summed E-state index contributed by atoms with van der Waals surface area (Å²) in [5, 5.41) is 23.7. The van der Waals surface area contributed by atoms with Crippen LogP contribution in [0.1, 0.15) is 25.3 Å². The molecule has 0 aliphatic carbocycles. The second-order valence-electron chi connectivity index (χ2n) is 4.43. The molecule has 0 fully saturated rings. The maximum absolute atomic E-state index is 8.88. The van der Waals surface area contributed by atoms with Crippen LogP contribution in [-0.2, 0) is 0 Å². The van der Waals surface area contributed by atoms with E-state index in [0.717, 1.165) is 25.1 Å². The van der Waals surface area contributed by atoms with E-state index in [2.05, 4.69) is 17.4 Å². The predicted octanol–water partition coefficient (Wildman–Crippen LogP) is 0.910. The average molecular weight is 281 g/mol. The van der Waals surface area contributed by atoms with Crippen molar-refractivity contribution in [1.82, 2.24) is 5.32 Å². The molecule has 1 unspecified atom stereocenters. The summed E-state index contributed by atoms with van der Waals surface area (Å²) in [6, 6.07) is 7.35. The Bertz CT molecular complexity index is 407. The van der Waals surface area contributed by atoms with Crippen LogP contribution < -0.4 is 15.8 Å². The third-order valence-electron chi connectivity index (χ3n) is 3.03. The summed E-state index contributed by atoms with van der Waals surface area (Å²) in [5.41, 5.74) is 6.12. The van der Waals surface area contributed by atoms with Crippen LogP contribution in [0.2, 0.25) is 0 Å². The highest BCUT2D eigenvalue weighted by atomic mass is 16.5. The van der Waals surface area contributed by atoms with Crippen molar-refractivity contribution in [2.75, 3.05) is 19.8 Å². The molecule has 20 heavy (non-hydrogen) atoms. The minimum atomic E-state index is 0.0769. The van der Waals surface area contributed by atoms with Gasteiger partial charge < -0.3 is 26.1 Å². The molecule has 0 bridgehead atoms. The molecule has 1 aromatic carbocycles. The fourth-order valence-electron chi connectivity index (χ4n) is 1.82. The Morgan fingerprint density at radius 3 is 2.65 bits per heavy atom. The number of nitrogens with two attached hydrogens (primary N) is 1.